The summed E-state index contributed by atoms with van der Waals surface area (Å²) in [6, 6.07) is 6.69. The minimum atomic E-state index is 0.546. The first kappa shape index (κ1) is 11.6. The van der Waals surface area contributed by atoms with E-state index in [1.54, 1.807) is 5.56 Å². The molecule has 1 fully saturated rings. The van der Waals surface area contributed by atoms with Gasteiger partial charge in [0, 0.05) is 29.2 Å². The van der Waals surface area contributed by atoms with E-state index in [0.717, 1.165) is 6.29 Å². The second-order valence-electron chi connectivity index (χ2n) is 4.53. The number of aldehydes is 1. The minimum absolute atomic E-state index is 0.546. The lowest BCUT2D eigenvalue weighted by molar-refractivity contribution is -0.106. The van der Waals surface area contributed by atoms with Crippen LogP contribution < -0.4 is 4.90 Å². The van der Waals surface area contributed by atoms with Gasteiger partial charge < -0.3 is 9.69 Å². The molecule has 1 spiro atoms. The molecule has 1 aromatic carbocycles. The summed E-state index contributed by atoms with van der Waals surface area (Å²) in [6.07, 6.45) is 3.51. The highest BCUT2D eigenvalue weighted by Gasteiger charge is 2.50. The van der Waals surface area contributed by atoms with Crippen molar-refractivity contribution < 1.29 is 4.79 Å². The van der Waals surface area contributed by atoms with Crippen LogP contribution >= 0.6 is 15.9 Å². The van der Waals surface area contributed by atoms with Gasteiger partial charge in [-0.25, -0.2) is 0 Å². The summed E-state index contributed by atoms with van der Waals surface area (Å²) < 4.78 is 1.19. The van der Waals surface area contributed by atoms with E-state index < -0.39 is 0 Å². The summed E-state index contributed by atoms with van der Waals surface area (Å²) in [5.74, 6) is 0. The van der Waals surface area contributed by atoms with E-state index in [1.165, 1.54) is 36.5 Å². The molecule has 0 unspecified atom stereocenters. The number of likely N-dealkylation sites (N-methyl/N-ethyl adjacent to an activating group) is 1. The van der Waals surface area contributed by atoms with Gasteiger partial charge in [-0.05, 0) is 37.5 Å². The van der Waals surface area contributed by atoms with Crippen LogP contribution in [0.3, 0.4) is 0 Å². The van der Waals surface area contributed by atoms with Gasteiger partial charge in [-0.2, -0.15) is 0 Å². The Labute approximate surface area is 105 Å². The topological polar surface area (TPSA) is 20.3 Å². The fourth-order valence-corrected chi connectivity index (χ4v) is 2.82. The monoisotopic (exact) mass is 281 g/mol. The van der Waals surface area contributed by atoms with Gasteiger partial charge in [0.05, 0.1) is 0 Å². The van der Waals surface area contributed by atoms with Crippen molar-refractivity contribution >= 4 is 27.9 Å². The van der Waals surface area contributed by atoms with Gasteiger partial charge in [0.25, 0.3) is 0 Å². The summed E-state index contributed by atoms with van der Waals surface area (Å²) in [6.45, 7) is 2.67. The van der Waals surface area contributed by atoms with Crippen molar-refractivity contribution in [2.75, 3.05) is 18.5 Å². The Morgan fingerprint density at radius 3 is 2.62 bits per heavy atom. The highest BCUT2D eigenvalue weighted by atomic mass is 79.9. The van der Waals surface area contributed by atoms with Crippen molar-refractivity contribution in [3.8, 4) is 0 Å². The second-order valence-corrected chi connectivity index (χ2v) is 5.45. The van der Waals surface area contributed by atoms with Crippen LogP contribution in [0.25, 0.3) is 0 Å². The Balaban J connectivity index is 0.000000292. The summed E-state index contributed by atoms with van der Waals surface area (Å²) in [7, 11) is 2.19. The van der Waals surface area contributed by atoms with Crippen LogP contribution in [0.2, 0.25) is 0 Å². The second kappa shape index (κ2) is 4.21. The van der Waals surface area contributed by atoms with Gasteiger partial charge in [0.2, 0.25) is 0 Å². The Kier molecular flexibility index (Phi) is 3.06. The third kappa shape index (κ3) is 1.88. The smallest absolute Gasteiger partial charge is 0.116 e. The van der Waals surface area contributed by atoms with Crippen LogP contribution in [0.1, 0.15) is 25.3 Å². The third-order valence-corrected chi connectivity index (χ3v) is 3.83. The van der Waals surface area contributed by atoms with Gasteiger partial charge in [-0.3, -0.25) is 0 Å². The Morgan fingerprint density at radius 1 is 1.44 bits per heavy atom. The SMILES string of the molecule is CC=O.CN1CC2(CC2)c2ccc(Br)cc21. The van der Waals surface area contributed by atoms with E-state index in [1.807, 2.05) is 0 Å². The van der Waals surface area contributed by atoms with Crippen molar-refractivity contribution in [1.82, 2.24) is 0 Å². The number of carbonyl (C=O) groups excluding carboxylic acids is 1. The maximum absolute atomic E-state index is 8.81. The molecule has 3 rings (SSSR count). The zero-order valence-electron chi connectivity index (χ0n) is 9.66. The van der Waals surface area contributed by atoms with Crippen molar-refractivity contribution in [3.63, 3.8) is 0 Å². The number of nitrogens with zero attached hydrogens (tertiary/aromatic N) is 1. The summed E-state index contributed by atoms with van der Waals surface area (Å²) in [5.41, 5.74) is 3.54. The lowest BCUT2D eigenvalue weighted by Crippen LogP contribution is -2.18. The molecule has 1 aliphatic heterocycles. The Bertz CT molecular complexity index is 412. The zero-order chi connectivity index (χ0) is 11.8. The lowest BCUT2D eigenvalue weighted by Gasteiger charge is -2.11. The van der Waals surface area contributed by atoms with E-state index in [-0.39, 0.29) is 0 Å². The molecule has 2 nitrogen and oxygen atoms in total. The fraction of sp³-hybridized carbons (Fsp3) is 0.462. The third-order valence-electron chi connectivity index (χ3n) is 3.34. The Hall–Kier alpha value is -0.830. The van der Waals surface area contributed by atoms with Gasteiger partial charge in [0.15, 0.2) is 0 Å². The molecule has 86 valence electrons. The van der Waals surface area contributed by atoms with Crippen molar-refractivity contribution in [2.24, 2.45) is 0 Å². The van der Waals surface area contributed by atoms with Crippen LogP contribution in [-0.4, -0.2) is 19.9 Å². The van der Waals surface area contributed by atoms with E-state index in [4.69, 9.17) is 4.79 Å². The number of anilines is 1. The number of benzene rings is 1. The molecule has 16 heavy (non-hydrogen) atoms. The molecule has 0 radical (unpaired) electrons. The molecular formula is C13H16BrNO. The molecule has 1 aliphatic carbocycles. The largest absolute Gasteiger partial charge is 0.373 e. The first-order chi connectivity index (χ1) is 7.63. The van der Waals surface area contributed by atoms with Crippen LogP contribution in [-0.2, 0) is 10.2 Å². The highest BCUT2D eigenvalue weighted by Crippen LogP contribution is 2.56. The van der Waals surface area contributed by atoms with Crippen LogP contribution in [0.4, 0.5) is 5.69 Å². The normalized spacial score (nSPS) is 18.8. The van der Waals surface area contributed by atoms with Gasteiger partial charge >= 0.3 is 0 Å². The average Bonchev–Trinajstić information content (AvgIpc) is 2.93. The molecule has 0 bridgehead atoms. The van der Waals surface area contributed by atoms with E-state index >= 15 is 0 Å². The van der Waals surface area contributed by atoms with E-state index in [0.29, 0.717) is 5.41 Å². The quantitative estimate of drug-likeness (QED) is 0.681. The van der Waals surface area contributed by atoms with Gasteiger partial charge in [0.1, 0.15) is 6.29 Å². The molecule has 1 aromatic rings. The molecule has 0 saturated heterocycles. The predicted octanol–water partition coefficient (Wildman–Crippen LogP) is 3.14. The first-order valence-electron chi connectivity index (χ1n) is 5.54. The van der Waals surface area contributed by atoms with Crippen molar-refractivity contribution in [1.29, 1.82) is 0 Å². The van der Waals surface area contributed by atoms with Crippen LogP contribution in [0.5, 0.6) is 0 Å². The average molecular weight is 282 g/mol. The molecule has 2 aliphatic rings. The van der Waals surface area contributed by atoms with Crippen molar-refractivity contribution in [3.05, 3.63) is 28.2 Å². The molecular weight excluding hydrogens is 266 g/mol. The number of hydrogen-bond acceptors (Lipinski definition) is 2. The van der Waals surface area contributed by atoms with Crippen LogP contribution in [0, 0.1) is 0 Å². The minimum Gasteiger partial charge on any atom is -0.373 e. The lowest BCUT2D eigenvalue weighted by atomic mass is 9.99. The summed E-state index contributed by atoms with van der Waals surface area (Å²) in [5, 5.41) is 0. The number of fused-ring (bicyclic) bond motifs is 2. The standard InChI is InChI=1S/C11H12BrN.C2H4O/c1-13-7-11(4-5-11)9-3-2-8(12)6-10(9)13;1-2-3/h2-3,6H,4-5,7H2,1H3;2H,1H3. The molecule has 0 N–H and O–H groups in total. The maximum Gasteiger partial charge on any atom is 0.116 e. The number of rotatable bonds is 0. The van der Waals surface area contributed by atoms with Gasteiger partial charge in [-0.15, -0.1) is 0 Å². The van der Waals surface area contributed by atoms with Gasteiger partial charge in [-0.1, -0.05) is 22.0 Å². The fourth-order valence-electron chi connectivity index (χ4n) is 2.47. The molecule has 3 heteroatoms. The first-order valence-corrected chi connectivity index (χ1v) is 6.33. The van der Waals surface area contributed by atoms with E-state index in [2.05, 4.69) is 46.1 Å². The zero-order valence-corrected chi connectivity index (χ0v) is 11.3. The summed E-state index contributed by atoms with van der Waals surface area (Å²) >= 11 is 3.52. The highest BCUT2D eigenvalue weighted by molar-refractivity contribution is 9.10. The summed E-state index contributed by atoms with van der Waals surface area (Å²) in [4.78, 5) is 11.2. The Morgan fingerprint density at radius 2 is 2.06 bits per heavy atom. The van der Waals surface area contributed by atoms with Crippen LogP contribution in [0.15, 0.2) is 22.7 Å². The van der Waals surface area contributed by atoms with Crippen molar-refractivity contribution in [2.45, 2.75) is 25.2 Å². The predicted molar refractivity (Wildman–Crippen MR) is 70.1 cm³/mol. The number of hydrogen-bond donors (Lipinski definition) is 0. The molecule has 1 saturated carbocycles. The van der Waals surface area contributed by atoms with E-state index in [9.17, 15) is 0 Å². The molecule has 0 aromatic heterocycles. The number of carbonyl (C=O) groups is 1. The number of halogens is 1. The molecule has 0 amide bonds. The molecule has 1 heterocycles. The maximum atomic E-state index is 8.81. The molecule has 0 atom stereocenters.